The summed E-state index contributed by atoms with van der Waals surface area (Å²) in [5.41, 5.74) is 4.51. The van der Waals surface area contributed by atoms with E-state index in [0.29, 0.717) is 12.1 Å². The van der Waals surface area contributed by atoms with Gasteiger partial charge in [0.15, 0.2) is 0 Å². The van der Waals surface area contributed by atoms with Crippen LogP contribution in [0, 0.1) is 6.92 Å². The van der Waals surface area contributed by atoms with Crippen molar-refractivity contribution in [2.45, 2.75) is 32.9 Å². The molecule has 1 aromatic heterocycles. The fraction of sp³-hybridized carbons (Fsp3) is 0.357. The molecule has 2 rings (SSSR count). The summed E-state index contributed by atoms with van der Waals surface area (Å²) in [4.78, 5) is 5.39. The predicted octanol–water partition coefficient (Wildman–Crippen LogP) is 3.86. The number of thiazole rings is 1. The Morgan fingerprint density at radius 1 is 1.12 bits per heavy atom. The Balaban J connectivity index is 2.01. The molecule has 3 heteroatoms. The van der Waals surface area contributed by atoms with Crippen molar-refractivity contribution in [1.29, 1.82) is 0 Å². The number of hydrogen-bond donors (Lipinski definition) is 1. The molecular formula is C14H18N2S. The lowest BCUT2D eigenvalue weighted by Crippen LogP contribution is -2.21. The lowest BCUT2D eigenvalue weighted by molar-refractivity contribution is 0.499. The van der Waals surface area contributed by atoms with Gasteiger partial charge in [-0.05, 0) is 26.3 Å². The van der Waals surface area contributed by atoms with Crippen LogP contribution in [0.15, 0.2) is 36.0 Å². The molecule has 2 nitrogen and oxygen atoms in total. The van der Waals surface area contributed by atoms with E-state index in [1.54, 1.807) is 11.3 Å². The number of rotatable bonds is 4. The summed E-state index contributed by atoms with van der Waals surface area (Å²) in [6, 6.07) is 9.39. The van der Waals surface area contributed by atoms with E-state index in [2.05, 4.69) is 55.3 Å². The Hall–Kier alpha value is -1.19. The number of benzene rings is 1. The number of aryl methyl sites for hydroxylation is 1. The van der Waals surface area contributed by atoms with Gasteiger partial charge in [0, 0.05) is 23.2 Å². The molecule has 0 aliphatic heterocycles. The van der Waals surface area contributed by atoms with E-state index < -0.39 is 0 Å². The van der Waals surface area contributed by atoms with Crippen LogP contribution in [-0.2, 0) is 0 Å². The van der Waals surface area contributed by atoms with Crippen LogP contribution >= 0.6 is 11.3 Å². The van der Waals surface area contributed by atoms with Crippen LogP contribution in [0.1, 0.15) is 41.9 Å². The fourth-order valence-corrected chi connectivity index (χ4v) is 2.49. The molecule has 0 aliphatic rings. The van der Waals surface area contributed by atoms with Gasteiger partial charge in [-0.3, -0.25) is 4.98 Å². The molecule has 2 atom stereocenters. The highest BCUT2D eigenvalue weighted by Crippen LogP contribution is 2.21. The second-order valence-electron chi connectivity index (χ2n) is 4.42. The summed E-state index contributed by atoms with van der Waals surface area (Å²) in [6.07, 6.45) is 1.93. The summed E-state index contributed by atoms with van der Waals surface area (Å²) >= 11 is 1.70. The molecule has 1 N–H and O–H groups in total. The molecule has 17 heavy (non-hydrogen) atoms. The van der Waals surface area contributed by atoms with E-state index >= 15 is 0 Å². The van der Waals surface area contributed by atoms with Crippen molar-refractivity contribution in [3.63, 3.8) is 0 Å². The second-order valence-corrected chi connectivity index (χ2v) is 5.34. The van der Waals surface area contributed by atoms with Gasteiger partial charge in [0.2, 0.25) is 0 Å². The smallest absolute Gasteiger partial charge is 0.0794 e. The first-order valence-corrected chi connectivity index (χ1v) is 6.76. The van der Waals surface area contributed by atoms with Crippen LogP contribution in [0.2, 0.25) is 0 Å². The first-order valence-electron chi connectivity index (χ1n) is 5.88. The van der Waals surface area contributed by atoms with Crippen molar-refractivity contribution >= 4 is 11.3 Å². The van der Waals surface area contributed by atoms with Gasteiger partial charge < -0.3 is 5.32 Å². The molecule has 0 saturated carbocycles. The van der Waals surface area contributed by atoms with Crippen LogP contribution in [0.25, 0.3) is 0 Å². The van der Waals surface area contributed by atoms with Crippen LogP contribution in [0.4, 0.5) is 0 Å². The van der Waals surface area contributed by atoms with Gasteiger partial charge in [0.25, 0.3) is 0 Å². The van der Waals surface area contributed by atoms with E-state index in [-0.39, 0.29) is 0 Å². The van der Waals surface area contributed by atoms with Gasteiger partial charge in [0.05, 0.1) is 5.51 Å². The fourth-order valence-electron chi connectivity index (χ4n) is 1.85. The monoisotopic (exact) mass is 246 g/mol. The summed E-state index contributed by atoms with van der Waals surface area (Å²) in [6.45, 7) is 6.49. The van der Waals surface area contributed by atoms with E-state index in [1.807, 2.05) is 11.7 Å². The van der Waals surface area contributed by atoms with Crippen molar-refractivity contribution < 1.29 is 0 Å². The molecule has 0 amide bonds. The van der Waals surface area contributed by atoms with Gasteiger partial charge in [-0.25, -0.2) is 0 Å². The van der Waals surface area contributed by atoms with Crippen molar-refractivity contribution in [3.8, 4) is 0 Å². The number of nitrogens with one attached hydrogen (secondary N) is 1. The molecule has 0 fully saturated rings. The van der Waals surface area contributed by atoms with Gasteiger partial charge >= 0.3 is 0 Å². The van der Waals surface area contributed by atoms with Crippen LogP contribution < -0.4 is 5.32 Å². The molecule has 90 valence electrons. The first kappa shape index (κ1) is 12.3. The maximum atomic E-state index is 4.11. The average molecular weight is 246 g/mol. The summed E-state index contributed by atoms with van der Waals surface area (Å²) < 4.78 is 0. The van der Waals surface area contributed by atoms with Crippen LogP contribution in [-0.4, -0.2) is 4.98 Å². The Morgan fingerprint density at radius 3 is 2.41 bits per heavy atom. The highest BCUT2D eigenvalue weighted by Gasteiger charge is 2.11. The Labute approximate surface area is 107 Å². The minimum atomic E-state index is 0.346. The quantitative estimate of drug-likeness (QED) is 0.886. The molecule has 0 spiro atoms. The van der Waals surface area contributed by atoms with Gasteiger partial charge in [-0.1, -0.05) is 29.8 Å². The molecule has 2 unspecified atom stereocenters. The largest absolute Gasteiger partial charge is 0.303 e. The molecule has 0 saturated heterocycles. The van der Waals surface area contributed by atoms with Crippen molar-refractivity contribution in [2.24, 2.45) is 0 Å². The normalized spacial score (nSPS) is 14.5. The topological polar surface area (TPSA) is 24.9 Å². The summed E-state index contributed by atoms with van der Waals surface area (Å²) in [7, 11) is 0. The average Bonchev–Trinajstić information content (AvgIpc) is 2.83. The third-order valence-corrected chi connectivity index (χ3v) is 3.91. The van der Waals surface area contributed by atoms with Crippen molar-refractivity contribution in [2.75, 3.05) is 0 Å². The minimum Gasteiger partial charge on any atom is -0.303 e. The van der Waals surface area contributed by atoms with Crippen molar-refractivity contribution in [1.82, 2.24) is 10.3 Å². The van der Waals surface area contributed by atoms with E-state index in [0.717, 1.165) is 0 Å². The number of aromatic nitrogens is 1. The number of hydrogen-bond acceptors (Lipinski definition) is 3. The third kappa shape index (κ3) is 3.14. The summed E-state index contributed by atoms with van der Waals surface area (Å²) in [5.74, 6) is 0. The molecule has 0 bridgehead atoms. The van der Waals surface area contributed by atoms with Crippen LogP contribution in [0.5, 0.6) is 0 Å². The maximum Gasteiger partial charge on any atom is 0.0794 e. The van der Waals surface area contributed by atoms with Crippen molar-refractivity contribution in [3.05, 3.63) is 52.0 Å². The zero-order valence-electron chi connectivity index (χ0n) is 10.5. The molecule has 0 aliphatic carbocycles. The van der Waals surface area contributed by atoms with E-state index in [9.17, 15) is 0 Å². The standard InChI is InChI=1S/C14H18N2S/c1-10-4-6-13(7-5-10)11(2)16-12(3)14-8-15-9-17-14/h4-9,11-12,16H,1-3H3. The summed E-state index contributed by atoms with van der Waals surface area (Å²) in [5, 5.41) is 3.59. The number of nitrogens with zero attached hydrogens (tertiary/aromatic N) is 1. The minimum absolute atomic E-state index is 0.346. The van der Waals surface area contributed by atoms with E-state index in [4.69, 9.17) is 0 Å². The Morgan fingerprint density at radius 2 is 1.82 bits per heavy atom. The third-order valence-electron chi connectivity index (χ3n) is 2.96. The molecule has 1 heterocycles. The predicted molar refractivity (Wildman–Crippen MR) is 73.3 cm³/mol. The maximum absolute atomic E-state index is 4.11. The van der Waals surface area contributed by atoms with Crippen LogP contribution in [0.3, 0.4) is 0 Å². The van der Waals surface area contributed by atoms with Gasteiger partial charge in [0.1, 0.15) is 0 Å². The lowest BCUT2D eigenvalue weighted by Gasteiger charge is -2.19. The zero-order chi connectivity index (χ0) is 12.3. The first-order chi connectivity index (χ1) is 8.16. The SMILES string of the molecule is Cc1ccc(C(C)NC(C)c2cncs2)cc1. The molecular weight excluding hydrogens is 228 g/mol. The highest BCUT2D eigenvalue weighted by molar-refractivity contribution is 7.09. The Bertz CT molecular complexity index is 448. The highest BCUT2D eigenvalue weighted by atomic mass is 32.1. The molecule has 2 aromatic rings. The zero-order valence-corrected chi connectivity index (χ0v) is 11.3. The molecule has 1 aromatic carbocycles. The second kappa shape index (κ2) is 5.43. The lowest BCUT2D eigenvalue weighted by atomic mass is 10.1. The Kier molecular flexibility index (Phi) is 3.92. The van der Waals surface area contributed by atoms with Gasteiger partial charge in [-0.15, -0.1) is 11.3 Å². The molecule has 0 radical (unpaired) electrons. The van der Waals surface area contributed by atoms with E-state index in [1.165, 1.54) is 16.0 Å². The van der Waals surface area contributed by atoms with Gasteiger partial charge in [-0.2, -0.15) is 0 Å².